The smallest absolute Gasteiger partial charge is 0.410 e. The lowest BCUT2D eigenvalue weighted by molar-refractivity contribution is 0.0662. The maximum Gasteiger partial charge on any atom is 0.410 e. The Bertz CT molecular complexity index is 444. The van der Waals surface area contributed by atoms with Crippen molar-refractivity contribution < 1.29 is 14.6 Å². The number of piperidine rings is 1. The molecule has 2 aliphatic rings. The molecule has 1 amide bonds. The van der Waals surface area contributed by atoms with Crippen LogP contribution in [0.1, 0.15) is 18.4 Å². The summed E-state index contributed by atoms with van der Waals surface area (Å²) >= 11 is 0. The van der Waals surface area contributed by atoms with Crippen LogP contribution in [0, 0.1) is 5.92 Å². The molecular formula is C14H17NO3. The van der Waals surface area contributed by atoms with Gasteiger partial charge in [-0.2, -0.15) is 0 Å². The van der Waals surface area contributed by atoms with Crippen molar-refractivity contribution in [3.63, 3.8) is 0 Å². The molecule has 4 heteroatoms. The van der Waals surface area contributed by atoms with Crippen molar-refractivity contribution in [2.75, 3.05) is 13.2 Å². The molecule has 0 radical (unpaired) electrons. The van der Waals surface area contributed by atoms with Gasteiger partial charge in [-0.25, -0.2) is 4.79 Å². The van der Waals surface area contributed by atoms with Crippen molar-refractivity contribution in [3.05, 3.63) is 35.9 Å². The second-order valence-electron chi connectivity index (χ2n) is 5.14. The van der Waals surface area contributed by atoms with Crippen LogP contribution in [0.2, 0.25) is 0 Å². The number of hydrogen-bond acceptors (Lipinski definition) is 3. The molecule has 2 atom stereocenters. The topological polar surface area (TPSA) is 49.8 Å². The van der Waals surface area contributed by atoms with E-state index < -0.39 is 0 Å². The second kappa shape index (κ2) is 4.28. The van der Waals surface area contributed by atoms with Gasteiger partial charge in [0, 0.05) is 6.54 Å². The van der Waals surface area contributed by atoms with Crippen LogP contribution in [0.5, 0.6) is 0 Å². The van der Waals surface area contributed by atoms with Gasteiger partial charge in [-0.15, -0.1) is 0 Å². The van der Waals surface area contributed by atoms with Gasteiger partial charge in [0.2, 0.25) is 0 Å². The maximum absolute atomic E-state index is 12.0. The van der Waals surface area contributed by atoms with E-state index >= 15 is 0 Å². The summed E-state index contributed by atoms with van der Waals surface area (Å²) in [6, 6.07) is 9.63. The molecule has 1 aliphatic carbocycles. The highest BCUT2D eigenvalue weighted by atomic mass is 16.6. The predicted octanol–water partition coefficient (Wildman–Crippen LogP) is 1.78. The van der Waals surface area contributed by atoms with Crippen LogP contribution >= 0.6 is 0 Å². The molecule has 3 rings (SSSR count). The van der Waals surface area contributed by atoms with Crippen LogP contribution in [-0.2, 0) is 11.3 Å². The van der Waals surface area contributed by atoms with Crippen molar-refractivity contribution >= 4 is 6.09 Å². The molecule has 1 saturated heterocycles. The Labute approximate surface area is 106 Å². The monoisotopic (exact) mass is 247 g/mol. The molecule has 0 aromatic heterocycles. The van der Waals surface area contributed by atoms with Crippen LogP contribution in [0.15, 0.2) is 30.3 Å². The van der Waals surface area contributed by atoms with E-state index in [1.165, 1.54) is 0 Å². The summed E-state index contributed by atoms with van der Waals surface area (Å²) in [7, 11) is 0. The zero-order valence-corrected chi connectivity index (χ0v) is 10.2. The lowest BCUT2D eigenvalue weighted by atomic mass is 10.2. The standard InChI is InChI=1S/C14H17NO3/c16-10-14-8-12(14)6-7-15(14)13(17)18-9-11-4-2-1-3-5-11/h1-5,12,16H,6-10H2/t12-,14-/m0/s1. The Kier molecular flexibility index (Phi) is 2.74. The van der Waals surface area contributed by atoms with E-state index in [-0.39, 0.29) is 18.2 Å². The first kappa shape index (κ1) is 11.5. The van der Waals surface area contributed by atoms with Crippen molar-refractivity contribution in [2.24, 2.45) is 5.92 Å². The highest BCUT2D eigenvalue weighted by Gasteiger charge is 2.63. The van der Waals surface area contributed by atoms with Crippen molar-refractivity contribution in [2.45, 2.75) is 25.0 Å². The quantitative estimate of drug-likeness (QED) is 0.885. The van der Waals surface area contributed by atoms with Crippen LogP contribution in [0.3, 0.4) is 0 Å². The number of amides is 1. The first-order chi connectivity index (χ1) is 8.76. The summed E-state index contributed by atoms with van der Waals surface area (Å²) in [5.41, 5.74) is 0.684. The molecule has 1 saturated carbocycles. The van der Waals surface area contributed by atoms with Gasteiger partial charge in [0.15, 0.2) is 0 Å². The van der Waals surface area contributed by atoms with Crippen LogP contribution in [0.4, 0.5) is 4.79 Å². The molecule has 1 heterocycles. The highest BCUT2D eigenvalue weighted by Crippen LogP contribution is 2.55. The molecule has 0 spiro atoms. The number of ether oxygens (including phenoxy) is 1. The van der Waals surface area contributed by atoms with Gasteiger partial charge in [0.25, 0.3) is 0 Å². The molecule has 4 nitrogen and oxygen atoms in total. The Morgan fingerprint density at radius 2 is 2.22 bits per heavy atom. The van der Waals surface area contributed by atoms with E-state index in [1.54, 1.807) is 4.90 Å². The van der Waals surface area contributed by atoms with E-state index in [0.717, 1.165) is 18.4 Å². The lowest BCUT2D eigenvalue weighted by Gasteiger charge is -2.25. The largest absolute Gasteiger partial charge is 0.445 e. The van der Waals surface area contributed by atoms with Crippen molar-refractivity contribution in [1.29, 1.82) is 0 Å². The number of likely N-dealkylation sites (tertiary alicyclic amines) is 1. The van der Waals surface area contributed by atoms with E-state index in [1.807, 2.05) is 30.3 Å². The normalized spacial score (nSPS) is 28.9. The van der Waals surface area contributed by atoms with Crippen LogP contribution in [-0.4, -0.2) is 34.8 Å². The van der Waals surface area contributed by atoms with Gasteiger partial charge in [-0.05, 0) is 24.3 Å². The summed E-state index contributed by atoms with van der Waals surface area (Å²) in [6.45, 7) is 1.05. The average molecular weight is 247 g/mol. The molecule has 1 N–H and O–H groups in total. The predicted molar refractivity (Wildman–Crippen MR) is 65.9 cm³/mol. The minimum atomic E-state index is -0.298. The fraction of sp³-hybridized carbons (Fsp3) is 0.500. The number of hydrogen-bond donors (Lipinski definition) is 1. The minimum Gasteiger partial charge on any atom is -0.445 e. The maximum atomic E-state index is 12.0. The van der Waals surface area contributed by atoms with Crippen LogP contribution < -0.4 is 0 Å². The third kappa shape index (κ3) is 1.77. The molecular weight excluding hydrogens is 230 g/mol. The molecule has 1 aromatic rings. The van der Waals surface area contributed by atoms with E-state index in [4.69, 9.17) is 4.74 Å². The molecule has 1 aliphatic heterocycles. The van der Waals surface area contributed by atoms with Gasteiger partial charge < -0.3 is 9.84 Å². The molecule has 0 bridgehead atoms. The first-order valence-electron chi connectivity index (χ1n) is 6.35. The number of carbonyl (C=O) groups is 1. The fourth-order valence-corrected chi connectivity index (χ4v) is 2.93. The summed E-state index contributed by atoms with van der Waals surface area (Å²) < 4.78 is 5.31. The number of carbonyl (C=O) groups excluding carboxylic acids is 1. The molecule has 18 heavy (non-hydrogen) atoms. The zero-order valence-electron chi connectivity index (χ0n) is 10.2. The number of benzene rings is 1. The van der Waals surface area contributed by atoms with Gasteiger partial charge >= 0.3 is 6.09 Å². The Morgan fingerprint density at radius 3 is 2.89 bits per heavy atom. The fourth-order valence-electron chi connectivity index (χ4n) is 2.93. The van der Waals surface area contributed by atoms with Crippen molar-refractivity contribution in [3.8, 4) is 0 Å². The van der Waals surface area contributed by atoms with E-state index in [0.29, 0.717) is 19.1 Å². The van der Waals surface area contributed by atoms with E-state index in [2.05, 4.69) is 0 Å². The van der Waals surface area contributed by atoms with Gasteiger partial charge in [0.05, 0.1) is 12.1 Å². The molecule has 96 valence electrons. The second-order valence-corrected chi connectivity index (χ2v) is 5.14. The molecule has 0 unspecified atom stereocenters. The first-order valence-corrected chi connectivity index (χ1v) is 6.35. The number of rotatable bonds is 3. The van der Waals surface area contributed by atoms with Gasteiger partial charge in [0.1, 0.15) is 6.61 Å². The Morgan fingerprint density at radius 1 is 1.44 bits per heavy atom. The number of aliphatic hydroxyl groups excluding tert-OH is 1. The Balaban J connectivity index is 1.59. The summed E-state index contributed by atoms with van der Waals surface area (Å²) in [5, 5.41) is 9.42. The third-order valence-corrected chi connectivity index (χ3v) is 4.14. The van der Waals surface area contributed by atoms with Gasteiger partial charge in [-0.1, -0.05) is 30.3 Å². The number of nitrogens with zero attached hydrogens (tertiary/aromatic N) is 1. The van der Waals surface area contributed by atoms with E-state index in [9.17, 15) is 9.90 Å². The van der Waals surface area contributed by atoms with Gasteiger partial charge in [-0.3, -0.25) is 4.90 Å². The number of fused-ring (bicyclic) bond motifs is 1. The summed E-state index contributed by atoms with van der Waals surface area (Å²) in [5.74, 6) is 0.478. The number of aliphatic hydroxyl groups is 1. The highest BCUT2D eigenvalue weighted by molar-refractivity contribution is 5.70. The summed E-state index contributed by atoms with van der Waals surface area (Å²) in [4.78, 5) is 13.7. The summed E-state index contributed by atoms with van der Waals surface area (Å²) in [6.07, 6.45) is 1.61. The SMILES string of the molecule is O=C(OCc1ccccc1)N1CC[C@H]2C[C@]21CO. The molecule has 2 fully saturated rings. The Hall–Kier alpha value is -1.55. The average Bonchev–Trinajstić information content (AvgIpc) is 3.03. The molecule has 1 aromatic carbocycles. The third-order valence-electron chi connectivity index (χ3n) is 4.14. The lowest BCUT2D eigenvalue weighted by Crippen LogP contribution is -2.42. The van der Waals surface area contributed by atoms with Crippen molar-refractivity contribution in [1.82, 2.24) is 4.90 Å². The zero-order chi connectivity index (χ0) is 12.6. The minimum absolute atomic E-state index is 0.0537. The van der Waals surface area contributed by atoms with Crippen LogP contribution in [0.25, 0.3) is 0 Å².